The van der Waals surface area contributed by atoms with Crippen LogP contribution in [0.4, 0.5) is 0 Å². The van der Waals surface area contributed by atoms with Crippen LogP contribution in [-0.4, -0.2) is 25.9 Å². The van der Waals surface area contributed by atoms with Gasteiger partial charge in [0, 0.05) is 11.8 Å². The van der Waals surface area contributed by atoms with Gasteiger partial charge in [-0.1, -0.05) is 25.1 Å². The number of carbonyl (C=O) groups excluding carboxylic acids is 1. The third kappa shape index (κ3) is 2.99. The van der Waals surface area contributed by atoms with Gasteiger partial charge in [0.25, 0.3) is 5.89 Å². The normalized spacial score (nSPS) is 11.2. The number of nitrogens with zero attached hydrogens (tertiary/aromatic N) is 4. The Hall–Kier alpha value is -3.00. The third-order valence-corrected chi connectivity index (χ3v) is 4.98. The molecule has 0 radical (unpaired) electrons. The Bertz CT molecular complexity index is 1060. The van der Waals surface area contributed by atoms with Crippen LogP contribution < -0.4 is 0 Å². The van der Waals surface area contributed by atoms with Crippen LogP contribution in [0.5, 0.6) is 0 Å². The van der Waals surface area contributed by atoms with Gasteiger partial charge in [-0.15, -0.1) is 21.5 Å². The van der Waals surface area contributed by atoms with Gasteiger partial charge in [-0.25, -0.2) is 9.48 Å². The van der Waals surface area contributed by atoms with E-state index < -0.39 is 5.97 Å². The summed E-state index contributed by atoms with van der Waals surface area (Å²) < 4.78 is 12.5. The molecule has 3 aromatic heterocycles. The molecule has 4 rings (SSSR count). The molecule has 0 aliphatic heterocycles. The van der Waals surface area contributed by atoms with Crippen LogP contribution in [-0.2, 0) is 17.8 Å². The Morgan fingerprint density at radius 2 is 2.00 bits per heavy atom. The summed E-state index contributed by atoms with van der Waals surface area (Å²) in [4.78, 5) is 13.8. The van der Waals surface area contributed by atoms with Crippen molar-refractivity contribution >= 4 is 27.5 Å². The van der Waals surface area contributed by atoms with Crippen LogP contribution in [0.3, 0.4) is 0 Å². The average molecular weight is 368 g/mol. The summed E-state index contributed by atoms with van der Waals surface area (Å²) in [6.07, 6.45) is 0.645. The molecule has 0 fully saturated rings. The molecule has 3 heterocycles. The number of benzene rings is 1. The van der Waals surface area contributed by atoms with Gasteiger partial charge in [0.2, 0.25) is 5.89 Å². The number of aryl methyl sites for hydroxylation is 2. The molecule has 0 aliphatic carbocycles. The van der Waals surface area contributed by atoms with E-state index in [-0.39, 0.29) is 6.61 Å². The maximum Gasteiger partial charge on any atom is 0.348 e. The second kappa shape index (κ2) is 6.72. The molecular formula is C18H16N4O3S. The molecule has 0 atom stereocenters. The summed E-state index contributed by atoms with van der Waals surface area (Å²) in [7, 11) is 0. The summed E-state index contributed by atoms with van der Waals surface area (Å²) >= 11 is 1.35. The highest BCUT2D eigenvalue weighted by molar-refractivity contribution is 7.20. The number of ether oxygens (including phenoxy) is 1. The molecule has 0 amide bonds. The maximum absolute atomic E-state index is 12.4. The van der Waals surface area contributed by atoms with Gasteiger partial charge in [0.15, 0.2) is 6.61 Å². The number of esters is 1. The molecule has 0 bridgehead atoms. The molecular weight excluding hydrogens is 352 g/mol. The lowest BCUT2D eigenvalue weighted by Gasteiger charge is -2.01. The fraction of sp³-hybridized carbons (Fsp3) is 0.222. The maximum atomic E-state index is 12.4. The lowest BCUT2D eigenvalue weighted by molar-refractivity contribution is 0.0442. The highest BCUT2D eigenvalue weighted by Gasteiger charge is 2.19. The SMILES string of the molecule is CCc1nnc(COC(=O)c2cc3c(C)nn(-c4ccccc4)c3s2)o1. The van der Waals surface area contributed by atoms with Gasteiger partial charge in [0.05, 0.1) is 11.4 Å². The minimum Gasteiger partial charge on any atom is -0.451 e. The number of hydrogen-bond donors (Lipinski definition) is 0. The number of para-hydroxylation sites is 1. The van der Waals surface area contributed by atoms with Crippen LogP contribution in [0.25, 0.3) is 15.9 Å². The quantitative estimate of drug-likeness (QED) is 0.500. The molecule has 7 nitrogen and oxygen atoms in total. The Balaban J connectivity index is 1.58. The number of aromatic nitrogens is 4. The van der Waals surface area contributed by atoms with Crippen molar-refractivity contribution in [1.29, 1.82) is 0 Å². The molecule has 4 aromatic rings. The van der Waals surface area contributed by atoms with Crippen LogP contribution in [0.1, 0.15) is 34.1 Å². The molecule has 26 heavy (non-hydrogen) atoms. The summed E-state index contributed by atoms with van der Waals surface area (Å²) in [5, 5.41) is 13.2. The number of hydrogen-bond acceptors (Lipinski definition) is 7. The molecule has 0 aliphatic rings. The minimum absolute atomic E-state index is 0.0378. The molecule has 132 valence electrons. The zero-order valence-corrected chi connectivity index (χ0v) is 15.1. The molecule has 8 heteroatoms. The van der Waals surface area contributed by atoms with E-state index in [1.165, 1.54) is 11.3 Å². The van der Waals surface area contributed by atoms with Gasteiger partial charge >= 0.3 is 5.97 Å². The average Bonchev–Trinajstić information content (AvgIpc) is 3.37. The second-order valence-corrected chi connectivity index (χ2v) is 6.71. The van der Waals surface area contributed by atoms with Gasteiger partial charge in [-0.3, -0.25) is 0 Å². The van der Waals surface area contributed by atoms with Crippen molar-refractivity contribution < 1.29 is 13.9 Å². The van der Waals surface area contributed by atoms with E-state index in [0.29, 0.717) is 23.1 Å². The monoisotopic (exact) mass is 368 g/mol. The van der Waals surface area contributed by atoms with Crippen LogP contribution in [0.2, 0.25) is 0 Å². The number of carbonyl (C=O) groups is 1. The predicted octanol–water partition coefficient (Wildman–Crippen LogP) is 3.70. The number of fused-ring (bicyclic) bond motifs is 1. The van der Waals surface area contributed by atoms with E-state index in [2.05, 4.69) is 15.3 Å². The van der Waals surface area contributed by atoms with E-state index in [1.54, 1.807) is 0 Å². The van der Waals surface area contributed by atoms with Crippen molar-refractivity contribution in [3.63, 3.8) is 0 Å². The highest BCUT2D eigenvalue weighted by atomic mass is 32.1. The van der Waals surface area contributed by atoms with E-state index in [1.807, 2.05) is 54.9 Å². The van der Waals surface area contributed by atoms with E-state index in [0.717, 1.165) is 21.6 Å². The van der Waals surface area contributed by atoms with Gasteiger partial charge in [-0.05, 0) is 25.1 Å². The fourth-order valence-corrected chi connectivity index (χ4v) is 3.66. The predicted molar refractivity (Wildman–Crippen MR) is 96.5 cm³/mol. The highest BCUT2D eigenvalue weighted by Crippen LogP contribution is 2.30. The minimum atomic E-state index is -0.415. The van der Waals surface area contributed by atoms with E-state index >= 15 is 0 Å². The lowest BCUT2D eigenvalue weighted by Crippen LogP contribution is -2.03. The van der Waals surface area contributed by atoms with Crippen LogP contribution in [0, 0.1) is 6.92 Å². The first-order chi connectivity index (χ1) is 12.7. The molecule has 0 spiro atoms. The molecule has 0 N–H and O–H groups in total. The Morgan fingerprint density at radius 3 is 2.73 bits per heavy atom. The Morgan fingerprint density at radius 1 is 1.23 bits per heavy atom. The van der Waals surface area contributed by atoms with Crippen molar-refractivity contribution in [1.82, 2.24) is 20.0 Å². The first-order valence-electron chi connectivity index (χ1n) is 8.18. The molecule has 0 saturated carbocycles. The van der Waals surface area contributed by atoms with Gasteiger partial charge in [-0.2, -0.15) is 5.10 Å². The van der Waals surface area contributed by atoms with Crippen LogP contribution in [0.15, 0.2) is 40.8 Å². The largest absolute Gasteiger partial charge is 0.451 e. The number of rotatable bonds is 5. The van der Waals surface area contributed by atoms with Gasteiger partial charge < -0.3 is 9.15 Å². The number of thiophene rings is 1. The molecule has 0 unspecified atom stereocenters. The lowest BCUT2D eigenvalue weighted by atomic mass is 10.3. The van der Waals surface area contributed by atoms with Gasteiger partial charge in [0.1, 0.15) is 9.71 Å². The van der Waals surface area contributed by atoms with Crippen molar-refractivity contribution in [2.75, 3.05) is 0 Å². The van der Waals surface area contributed by atoms with Crippen LogP contribution >= 0.6 is 11.3 Å². The third-order valence-electron chi connectivity index (χ3n) is 3.88. The zero-order chi connectivity index (χ0) is 18.1. The van der Waals surface area contributed by atoms with E-state index in [9.17, 15) is 4.79 Å². The fourth-order valence-electron chi connectivity index (χ4n) is 2.58. The zero-order valence-electron chi connectivity index (χ0n) is 14.3. The van der Waals surface area contributed by atoms with Crippen molar-refractivity contribution in [2.24, 2.45) is 0 Å². The van der Waals surface area contributed by atoms with Crippen molar-refractivity contribution in [3.8, 4) is 5.69 Å². The standard InChI is InChI=1S/C18H16N4O3S/c1-3-15-19-20-16(25-15)10-24-18(23)14-9-13-11(2)21-22(17(13)26-14)12-7-5-4-6-8-12/h4-9H,3,10H2,1-2H3. The summed E-state index contributed by atoms with van der Waals surface area (Å²) in [5.74, 6) is 0.404. The van der Waals surface area contributed by atoms with E-state index in [4.69, 9.17) is 9.15 Å². The Kier molecular flexibility index (Phi) is 4.26. The smallest absolute Gasteiger partial charge is 0.348 e. The summed E-state index contributed by atoms with van der Waals surface area (Å²) in [5.41, 5.74) is 1.81. The first kappa shape index (κ1) is 16.5. The summed E-state index contributed by atoms with van der Waals surface area (Å²) in [6, 6.07) is 11.6. The Labute approximate surface area is 153 Å². The summed E-state index contributed by atoms with van der Waals surface area (Å²) in [6.45, 7) is 3.80. The molecule has 1 aromatic carbocycles. The molecule has 0 saturated heterocycles. The topological polar surface area (TPSA) is 83.0 Å². The second-order valence-electron chi connectivity index (χ2n) is 5.68. The van der Waals surface area contributed by atoms with Crippen molar-refractivity contribution in [2.45, 2.75) is 26.9 Å². The first-order valence-corrected chi connectivity index (χ1v) is 9.00. The van der Waals surface area contributed by atoms with Crippen molar-refractivity contribution in [3.05, 3.63) is 58.8 Å².